The second-order valence-corrected chi connectivity index (χ2v) is 7.76. The van der Waals surface area contributed by atoms with Gasteiger partial charge in [0.2, 0.25) is 0 Å². The molecule has 0 radical (unpaired) electrons. The van der Waals surface area contributed by atoms with Crippen LogP contribution in [0.25, 0.3) is 0 Å². The number of thioether (sulfide) groups is 1. The Hall–Kier alpha value is -0.710. The Balaban J connectivity index is 1.42. The van der Waals surface area contributed by atoms with E-state index >= 15 is 0 Å². The highest BCUT2D eigenvalue weighted by Crippen LogP contribution is 2.24. The molecule has 1 aliphatic carbocycles. The van der Waals surface area contributed by atoms with Crippen molar-refractivity contribution in [2.75, 3.05) is 44.7 Å². The van der Waals surface area contributed by atoms with Crippen molar-refractivity contribution in [2.45, 2.75) is 38.3 Å². The first-order valence-corrected chi connectivity index (χ1v) is 10.4. The number of hydrogen-bond acceptors (Lipinski definition) is 4. The Labute approximate surface area is 145 Å². The first-order valence-electron chi connectivity index (χ1n) is 9.03. The van der Waals surface area contributed by atoms with Crippen LogP contribution in [0.5, 0.6) is 5.75 Å². The van der Waals surface area contributed by atoms with Crippen molar-refractivity contribution < 1.29 is 4.74 Å². The molecule has 1 aliphatic heterocycles. The Morgan fingerprint density at radius 3 is 2.30 bits per heavy atom. The fourth-order valence-corrected chi connectivity index (χ4v) is 3.96. The summed E-state index contributed by atoms with van der Waals surface area (Å²) in [7, 11) is 0. The van der Waals surface area contributed by atoms with Crippen LogP contribution in [0.2, 0.25) is 0 Å². The summed E-state index contributed by atoms with van der Waals surface area (Å²) in [4.78, 5) is 5.16. The Bertz CT molecular complexity index is 451. The molecule has 2 fully saturated rings. The Morgan fingerprint density at radius 2 is 1.65 bits per heavy atom. The van der Waals surface area contributed by atoms with Crippen LogP contribution in [-0.2, 0) is 6.54 Å². The van der Waals surface area contributed by atoms with Crippen molar-refractivity contribution in [3.05, 3.63) is 29.8 Å². The van der Waals surface area contributed by atoms with E-state index in [0.717, 1.165) is 12.3 Å². The first-order chi connectivity index (χ1) is 11.3. The highest BCUT2D eigenvalue weighted by molar-refractivity contribution is 7.98. The number of piperazine rings is 1. The highest BCUT2D eigenvalue weighted by Gasteiger charge is 2.18. The minimum Gasteiger partial charge on any atom is -0.490 e. The van der Waals surface area contributed by atoms with E-state index in [1.165, 1.54) is 69.7 Å². The SMILES string of the molecule is CSCCN1CCN(Cc2ccc(OC3CCCC3)cc2)CC1. The normalized spacial score (nSPS) is 20.9. The molecule has 0 aromatic heterocycles. The van der Waals surface area contributed by atoms with E-state index in [9.17, 15) is 0 Å². The van der Waals surface area contributed by atoms with Gasteiger partial charge in [-0.15, -0.1) is 0 Å². The van der Waals surface area contributed by atoms with Gasteiger partial charge in [0.15, 0.2) is 0 Å². The molecule has 23 heavy (non-hydrogen) atoms. The lowest BCUT2D eigenvalue weighted by Crippen LogP contribution is -2.46. The van der Waals surface area contributed by atoms with Gasteiger partial charge in [-0.25, -0.2) is 0 Å². The molecule has 128 valence electrons. The van der Waals surface area contributed by atoms with Gasteiger partial charge in [-0.05, 0) is 49.6 Å². The number of nitrogens with zero attached hydrogens (tertiary/aromatic N) is 2. The topological polar surface area (TPSA) is 15.7 Å². The van der Waals surface area contributed by atoms with Crippen molar-refractivity contribution >= 4 is 11.8 Å². The van der Waals surface area contributed by atoms with Gasteiger partial charge < -0.3 is 4.74 Å². The zero-order chi connectivity index (χ0) is 15.9. The molecule has 4 heteroatoms. The van der Waals surface area contributed by atoms with Gasteiger partial charge >= 0.3 is 0 Å². The van der Waals surface area contributed by atoms with E-state index in [2.05, 4.69) is 40.3 Å². The maximum atomic E-state index is 6.05. The summed E-state index contributed by atoms with van der Waals surface area (Å²) in [5.41, 5.74) is 1.40. The summed E-state index contributed by atoms with van der Waals surface area (Å²) < 4.78 is 6.05. The molecule has 0 unspecified atom stereocenters. The number of ether oxygens (including phenoxy) is 1. The second-order valence-electron chi connectivity index (χ2n) is 6.78. The van der Waals surface area contributed by atoms with Crippen molar-refractivity contribution in [1.82, 2.24) is 9.80 Å². The molecular formula is C19H30N2OS. The van der Waals surface area contributed by atoms with Crippen LogP contribution < -0.4 is 4.74 Å². The Kier molecular flexibility index (Phi) is 6.67. The summed E-state index contributed by atoms with van der Waals surface area (Å²) in [5, 5.41) is 0. The van der Waals surface area contributed by atoms with E-state index in [1.54, 1.807) is 0 Å². The highest BCUT2D eigenvalue weighted by atomic mass is 32.2. The predicted octanol–water partition coefficient (Wildman–Crippen LogP) is 3.49. The maximum Gasteiger partial charge on any atom is 0.119 e. The molecule has 0 bridgehead atoms. The lowest BCUT2D eigenvalue weighted by molar-refractivity contribution is 0.133. The zero-order valence-electron chi connectivity index (χ0n) is 14.4. The molecule has 0 atom stereocenters. The summed E-state index contributed by atoms with van der Waals surface area (Å²) in [6.07, 6.45) is 7.74. The van der Waals surface area contributed by atoms with Crippen molar-refractivity contribution in [2.24, 2.45) is 0 Å². The second kappa shape index (κ2) is 8.95. The van der Waals surface area contributed by atoms with E-state index in [0.29, 0.717) is 6.10 Å². The fourth-order valence-electron chi connectivity index (χ4n) is 3.52. The van der Waals surface area contributed by atoms with Crippen LogP contribution in [0.15, 0.2) is 24.3 Å². The third-order valence-corrected chi connectivity index (χ3v) is 5.60. The van der Waals surface area contributed by atoms with E-state index in [1.807, 2.05) is 11.8 Å². The quantitative estimate of drug-likeness (QED) is 0.758. The van der Waals surface area contributed by atoms with Gasteiger partial charge in [-0.1, -0.05) is 12.1 Å². The molecule has 1 aromatic carbocycles. The number of hydrogen-bond donors (Lipinski definition) is 0. The first kappa shape index (κ1) is 17.1. The summed E-state index contributed by atoms with van der Waals surface area (Å²) in [5.74, 6) is 2.30. The molecule has 2 aliphatic rings. The molecule has 1 aromatic rings. The van der Waals surface area contributed by atoms with E-state index in [-0.39, 0.29) is 0 Å². The smallest absolute Gasteiger partial charge is 0.119 e. The molecule has 3 nitrogen and oxygen atoms in total. The van der Waals surface area contributed by atoms with Gasteiger partial charge in [0.25, 0.3) is 0 Å². The van der Waals surface area contributed by atoms with Crippen molar-refractivity contribution in [3.63, 3.8) is 0 Å². The van der Waals surface area contributed by atoms with Gasteiger partial charge in [0, 0.05) is 45.0 Å². The van der Waals surface area contributed by atoms with Crippen LogP contribution >= 0.6 is 11.8 Å². The molecule has 0 amide bonds. The van der Waals surface area contributed by atoms with E-state index < -0.39 is 0 Å². The Morgan fingerprint density at radius 1 is 1.00 bits per heavy atom. The minimum atomic E-state index is 0.454. The van der Waals surface area contributed by atoms with Crippen molar-refractivity contribution in [3.8, 4) is 5.75 Å². The standard InChI is InChI=1S/C19H30N2OS/c1-23-15-14-20-10-12-21(13-11-20)16-17-6-8-19(9-7-17)22-18-4-2-3-5-18/h6-9,18H,2-5,10-16H2,1H3. The monoisotopic (exact) mass is 334 g/mol. The zero-order valence-corrected chi connectivity index (χ0v) is 15.2. The summed E-state index contributed by atoms with van der Waals surface area (Å²) >= 11 is 1.94. The molecule has 0 spiro atoms. The van der Waals surface area contributed by atoms with Gasteiger partial charge in [-0.3, -0.25) is 9.80 Å². The van der Waals surface area contributed by atoms with Crippen LogP contribution in [0.1, 0.15) is 31.2 Å². The van der Waals surface area contributed by atoms with E-state index in [4.69, 9.17) is 4.74 Å². The van der Waals surface area contributed by atoms with Crippen LogP contribution in [0, 0.1) is 0 Å². The average molecular weight is 335 g/mol. The third-order valence-electron chi connectivity index (χ3n) is 5.01. The molecule has 0 N–H and O–H groups in total. The van der Waals surface area contributed by atoms with Crippen LogP contribution in [0.4, 0.5) is 0 Å². The van der Waals surface area contributed by atoms with Crippen LogP contribution in [-0.4, -0.2) is 60.6 Å². The fraction of sp³-hybridized carbons (Fsp3) is 0.684. The maximum absolute atomic E-state index is 6.05. The third kappa shape index (κ3) is 5.40. The molecule has 3 rings (SSSR count). The lowest BCUT2D eigenvalue weighted by Gasteiger charge is -2.34. The largest absolute Gasteiger partial charge is 0.490 e. The predicted molar refractivity (Wildman–Crippen MR) is 99.4 cm³/mol. The molecule has 1 saturated heterocycles. The van der Waals surface area contributed by atoms with Crippen LogP contribution in [0.3, 0.4) is 0 Å². The minimum absolute atomic E-state index is 0.454. The van der Waals surface area contributed by atoms with Gasteiger partial charge in [-0.2, -0.15) is 11.8 Å². The average Bonchev–Trinajstić information content (AvgIpc) is 3.09. The molecule has 1 saturated carbocycles. The summed E-state index contributed by atoms with van der Waals surface area (Å²) in [6.45, 7) is 7.11. The van der Waals surface area contributed by atoms with Gasteiger partial charge in [0.1, 0.15) is 5.75 Å². The number of benzene rings is 1. The number of rotatable bonds is 7. The van der Waals surface area contributed by atoms with Crippen molar-refractivity contribution in [1.29, 1.82) is 0 Å². The van der Waals surface area contributed by atoms with Gasteiger partial charge in [0.05, 0.1) is 6.10 Å². The molecule has 1 heterocycles. The summed E-state index contributed by atoms with van der Waals surface area (Å²) in [6, 6.07) is 8.79. The lowest BCUT2D eigenvalue weighted by atomic mass is 10.2. The molecular weight excluding hydrogens is 304 g/mol.